The monoisotopic (exact) mass is 281 g/mol. The molecule has 108 valence electrons. The van der Waals surface area contributed by atoms with Crippen LogP contribution in [0.1, 0.15) is 11.1 Å². The fourth-order valence-corrected chi connectivity index (χ4v) is 2.24. The summed E-state index contributed by atoms with van der Waals surface area (Å²) >= 11 is 0. The molecule has 3 rings (SSSR count). The van der Waals surface area contributed by atoms with Crippen molar-refractivity contribution < 1.29 is 0 Å². The van der Waals surface area contributed by atoms with E-state index in [0.29, 0.717) is 0 Å². The van der Waals surface area contributed by atoms with Gasteiger partial charge in [0.25, 0.3) is 0 Å². The molecular weight excluding hydrogens is 262 g/mol. The zero-order valence-electron chi connectivity index (χ0n) is 12.1. The van der Waals surface area contributed by atoms with Crippen LogP contribution in [0.2, 0.25) is 0 Å². The van der Waals surface area contributed by atoms with Crippen LogP contribution >= 0.6 is 0 Å². The summed E-state index contributed by atoms with van der Waals surface area (Å²) in [6.45, 7) is 1.76. The minimum absolute atomic E-state index is 0.826. The van der Waals surface area contributed by atoms with Gasteiger partial charge in [0, 0.05) is 31.5 Å². The van der Waals surface area contributed by atoms with E-state index in [0.717, 1.165) is 25.2 Å². The number of aromatic nitrogens is 4. The predicted octanol–water partition coefficient (Wildman–Crippen LogP) is 1.94. The SMILES string of the molecule is Cn1cc(CCNCc2cnn(-c3ccccc3)c2)cn1. The molecule has 3 aromatic rings. The molecule has 2 aromatic heterocycles. The highest BCUT2D eigenvalue weighted by Crippen LogP contribution is 2.07. The van der Waals surface area contributed by atoms with Crippen LogP contribution in [-0.2, 0) is 20.0 Å². The van der Waals surface area contributed by atoms with E-state index in [1.54, 1.807) is 0 Å². The molecule has 0 aliphatic rings. The van der Waals surface area contributed by atoms with Gasteiger partial charge in [-0.2, -0.15) is 10.2 Å². The summed E-state index contributed by atoms with van der Waals surface area (Å²) in [4.78, 5) is 0. The third-order valence-corrected chi connectivity index (χ3v) is 3.33. The molecule has 0 fully saturated rings. The Bertz CT molecular complexity index is 684. The summed E-state index contributed by atoms with van der Waals surface area (Å²) in [5.41, 5.74) is 3.52. The molecule has 0 saturated carbocycles. The minimum atomic E-state index is 0.826. The van der Waals surface area contributed by atoms with Gasteiger partial charge in [-0.1, -0.05) is 18.2 Å². The highest BCUT2D eigenvalue weighted by Gasteiger charge is 2.01. The molecule has 2 heterocycles. The normalized spacial score (nSPS) is 10.9. The minimum Gasteiger partial charge on any atom is -0.312 e. The third kappa shape index (κ3) is 3.58. The first kappa shape index (κ1) is 13.6. The molecule has 0 saturated heterocycles. The van der Waals surface area contributed by atoms with E-state index in [9.17, 15) is 0 Å². The highest BCUT2D eigenvalue weighted by atomic mass is 15.3. The van der Waals surface area contributed by atoms with Crippen LogP contribution in [0.5, 0.6) is 0 Å². The lowest BCUT2D eigenvalue weighted by Crippen LogP contribution is -2.16. The Hall–Kier alpha value is -2.40. The quantitative estimate of drug-likeness (QED) is 0.702. The number of nitrogens with one attached hydrogen (secondary N) is 1. The molecular formula is C16H19N5. The summed E-state index contributed by atoms with van der Waals surface area (Å²) in [5.74, 6) is 0. The van der Waals surface area contributed by atoms with Crippen LogP contribution in [0.25, 0.3) is 5.69 Å². The maximum Gasteiger partial charge on any atom is 0.0645 e. The zero-order valence-corrected chi connectivity index (χ0v) is 12.1. The summed E-state index contributed by atoms with van der Waals surface area (Å²) in [6, 6.07) is 10.1. The molecule has 0 spiro atoms. The molecule has 1 N–H and O–H groups in total. The van der Waals surface area contributed by atoms with Crippen LogP contribution in [0.15, 0.2) is 55.1 Å². The fourth-order valence-electron chi connectivity index (χ4n) is 2.24. The van der Waals surface area contributed by atoms with Crippen molar-refractivity contribution in [2.45, 2.75) is 13.0 Å². The topological polar surface area (TPSA) is 47.7 Å². The second-order valence-corrected chi connectivity index (χ2v) is 5.08. The molecule has 5 nitrogen and oxygen atoms in total. The van der Waals surface area contributed by atoms with Gasteiger partial charge in [-0.25, -0.2) is 4.68 Å². The average molecular weight is 281 g/mol. The summed E-state index contributed by atoms with van der Waals surface area (Å²) in [5, 5.41) is 12.0. The van der Waals surface area contributed by atoms with Gasteiger partial charge in [0.1, 0.15) is 0 Å². The number of aryl methyl sites for hydroxylation is 1. The van der Waals surface area contributed by atoms with E-state index in [2.05, 4.69) is 27.9 Å². The number of hydrogen-bond acceptors (Lipinski definition) is 3. The van der Waals surface area contributed by atoms with Crippen molar-refractivity contribution in [2.24, 2.45) is 7.05 Å². The fraction of sp³-hybridized carbons (Fsp3) is 0.250. The van der Waals surface area contributed by atoms with Gasteiger partial charge in [-0.3, -0.25) is 4.68 Å². The maximum absolute atomic E-state index is 4.39. The number of hydrogen-bond donors (Lipinski definition) is 1. The van der Waals surface area contributed by atoms with Crippen LogP contribution in [0.4, 0.5) is 0 Å². The van der Waals surface area contributed by atoms with Crippen molar-refractivity contribution in [1.82, 2.24) is 24.9 Å². The number of benzene rings is 1. The standard InChI is InChI=1S/C16H19N5/c1-20-12-14(10-18-20)7-8-17-9-15-11-19-21(13-15)16-5-3-2-4-6-16/h2-6,10-13,17H,7-9H2,1H3. The summed E-state index contributed by atoms with van der Waals surface area (Å²) < 4.78 is 3.73. The third-order valence-electron chi connectivity index (χ3n) is 3.33. The van der Waals surface area contributed by atoms with Gasteiger partial charge >= 0.3 is 0 Å². The lowest BCUT2D eigenvalue weighted by atomic mass is 10.2. The largest absolute Gasteiger partial charge is 0.312 e. The van der Waals surface area contributed by atoms with Crippen molar-refractivity contribution in [3.8, 4) is 5.69 Å². The van der Waals surface area contributed by atoms with Crippen molar-refractivity contribution in [1.29, 1.82) is 0 Å². The number of nitrogens with zero attached hydrogens (tertiary/aromatic N) is 4. The van der Waals surface area contributed by atoms with E-state index in [4.69, 9.17) is 0 Å². The zero-order chi connectivity index (χ0) is 14.5. The second kappa shape index (κ2) is 6.37. The van der Waals surface area contributed by atoms with E-state index in [1.807, 2.05) is 59.1 Å². The van der Waals surface area contributed by atoms with Crippen LogP contribution in [0.3, 0.4) is 0 Å². The molecule has 5 heteroatoms. The van der Waals surface area contributed by atoms with Gasteiger partial charge in [-0.15, -0.1) is 0 Å². The highest BCUT2D eigenvalue weighted by molar-refractivity contribution is 5.30. The predicted molar refractivity (Wildman–Crippen MR) is 82.2 cm³/mol. The van der Waals surface area contributed by atoms with Crippen LogP contribution < -0.4 is 5.32 Å². The van der Waals surface area contributed by atoms with Gasteiger partial charge in [-0.05, 0) is 30.7 Å². The number of rotatable bonds is 6. The Morgan fingerprint density at radius 3 is 2.57 bits per heavy atom. The van der Waals surface area contributed by atoms with E-state index >= 15 is 0 Å². The molecule has 0 bridgehead atoms. The Labute approximate surface area is 124 Å². The molecule has 0 amide bonds. The Kier molecular flexibility index (Phi) is 4.12. The maximum atomic E-state index is 4.39. The van der Waals surface area contributed by atoms with Gasteiger partial charge in [0.2, 0.25) is 0 Å². The lowest BCUT2D eigenvalue weighted by molar-refractivity contribution is 0.686. The summed E-state index contributed by atoms with van der Waals surface area (Å²) in [7, 11) is 1.94. The molecule has 0 aliphatic carbocycles. The van der Waals surface area contributed by atoms with Gasteiger partial charge < -0.3 is 5.32 Å². The first-order valence-corrected chi connectivity index (χ1v) is 7.08. The van der Waals surface area contributed by atoms with Crippen molar-refractivity contribution in [3.05, 3.63) is 66.2 Å². The summed E-state index contributed by atoms with van der Waals surface area (Å²) in [6.07, 6.45) is 8.92. The van der Waals surface area contributed by atoms with Crippen LogP contribution in [-0.4, -0.2) is 26.1 Å². The van der Waals surface area contributed by atoms with Crippen molar-refractivity contribution >= 4 is 0 Å². The van der Waals surface area contributed by atoms with Crippen molar-refractivity contribution in [3.63, 3.8) is 0 Å². The smallest absolute Gasteiger partial charge is 0.0645 e. The van der Waals surface area contributed by atoms with Gasteiger partial charge in [0.05, 0.1) is 18.1 Å². The Morgan fingerprint density at radius 1 is 1.00 bits per heavy atom. The average Bonchev–Trinajstić information content (AvgIpc) is 3.14. The van der Waals surface area contributed by atoms with Gasteiger partial charge in [0.15, 0.2) is 0 Å². The molecule has 0 radical (unpaired) electrons. The number of para-hydroxylation sites is 1. The molecule has 0 unspecified atom stereocenters. The molecule has 21 heavy (non-hydrogen) atoms. The van der Waals surface area contributed by atoms with E-state index in [1.165, 1.54) is 11.1 Å². The lowest BCUT2D eigenvalue weighted by Gasteiger charge is -2.01. The first-order valence-electron chi connectivity index (χ1n) is 7.08. The van der Waals surface area contributed by atoms with Crippen LogP contribution in [0, 0.1) is 0 Å². The van der Waals surface area contributed by atoms with E-state index in [-0.39, 0.29) is 0 Å². The molecule has 0 atom stereocenters. The van der Waals surface area contributed by atoms with E-state index < -0.39 is 0 Å². The second-order valence-electron chi connectivity index (χ2n) is 5.08. The van der Waals surface area contributed by atoms with Crippen molar-refractivity contribution in [2.75, 3.05) is 6.54 Å². The first-order chi connectivity index (χ1) is 10.3. The molecule has 0 aliphatic heterocycles. The Balaban J connectivity index is 1.49. The Morgan fingerprint density at radius 2 is 1.81 bits per heavy atom. The molecule has 1 aromatic carbocycles.